The van der Waals surface area contributed by atoms with E-state index in [1.807, 2.05) is 32.0 Å². The Bertz CT molecular complexity index is 466. The largest absolute Gasteiger partial charge is 0.491 e. The monoisotopic (exact) mass is 245 g/mol. The molecule has 0 atom stereocenters. The van der Waals surface area contributed by atoms with Gasteiger partial charge >= 0.3 is 0 Å². The van der Waals surface area contributed by atoms with Crippen molar-refractivity contribution in [2.45, 2.75) is 33.0 Å². The van der Waals surface area contributed by atoms with Gasteiger partial charge < -0.3 is 10.1 Å². The van der Waals surface area contributed by atoms with Gasteiger partial charge in [-0.1, -0.05) is 12.1 Å². The van der Waals surface area contributed by atoms with Crippen LogP contribution in [0.3, 0.4) is 0 Å². The maximum absolute atomic E-state index is 5.66. The summed E-state index contributed by atoms with van der Waals surface area (Å²) in [7, 11) is 0. The highest BCUT2D eigenvalue weighted by molar-refractivity contribution is 5.28. The number of hydrogen-bond donors (Lipinski definition) is 2. The Hall–Kier alpha value is -1.81. The van der Waals surface area contributed by atoms with Gasteiger partial charge in [0.2, 0.25) is 0 Å². The zero-order chi connectivity index (χ0) is 12.8. The number of aromatic nitrogens is 2. The second-order valence-electron chi connectivity index (χ2n) is 4.50. The summed E-state index contributed by atoms with van der Waals surface area (Å²) in [6.45, 7) is 5.66. The normalized spacial score (nSPS) is 10.8. The van der Waals surface area contributed by atoms with Crippen molar-refractivity contribution in [2.75, 3.05) is 0 Å². The first-order chi connectivity index (χ1) is 8.74. The summed E-state index contributed by atoms with van der Waals surface area (Å²) in [6, 6.07) is 10.1. The fraction of sp³-hybridized carbons (Fsp3) is 0.357. The van der Waals surface area contributed by atoms with Crippen LogP contribution in [-0.4, -0.2) is 16.3 Å². The molecule has 0 radical (unpaired) electrons. The van der Waals surface area contributed by atoms with Crippen LogP contribution in [0.1, 0.15) is 25.1 Å². The highest BCUT2D eigenvalue weighted by atomic mass is 16.5. The molecule has 2 rings (SSSR count). The van der Waals surface area contributed by atoms with E-state index in [1.54, 1.807) is 6.20 Å². The third-order valence-electron chi connectivity index (χ3n) is 2.47. The Labute approximate surface area is 107 Å². The Morgan fingerprint density at radius 2 is 2.17 bits per heavy atom. The van der Waals surface area contributed by atoms with Gasteiger partial charge in [-0.2, -0.15) is 5.10 Å². The van der Waals surface area contributed by atoms with Crippen molar-refractivity contribution >= 4 is 0 Å². The van der Waals surface area contributed by atoms with Crippen molar-refractivity contribution in [3.63, 3.8) is 0 Å². The van der Waals surface area contributed by atoms with Crippen molar-refractivity contribution in [1.82, 2.24) is 15.5 Å². The second-order valence-corrected chi connectivity index (χ2v) is 4.50. The van der Waals surface area contributed by atoms with Gasteiger partial charge in [-0.25, -0.2) is 0 Å². The highest BCUT2D eigenvalue weighted by Crippen LogP contribution is 2.14. The molecule has 0 aliphatic rings. The molecule has 1 heterocycles. The van der Waals surface area contributed by atoms with E-state index in [1.165, 1.54) is 5.56 Å². The van der Waals surface area contributed by atoms with Crippen LogP contribution in [0.5, 0.6) is 5.75 Å². The van der Waals surface area contributed by atoms with Gasteiger partial charge in [-0.3, -0.25) is 5.10 Å². The van der Waals surface area contributed by atoms with E-state index in [0.29, 0.717) is 0 Å². The van der Waals surface area contributed by atoms with E-state index in [2.05, 4.69) is 27.6 Å². The van der Waals surface area contributed by atoms with Crippen LogP contribution in [0.4, 0.5) is 0 Å². The zero-order valence-electron chi connectivity index (χ0n) is 10.8. The first-order valence-corrected chi connectivity index (χ1v) is 6.18. The predicted molar refractivity (Wildman–Crippen MR) is 71.3 cm³/mol. The Kier molecular flexibility index (Phi) is 4.36. The lowest BCUT2D eigenvalue weighted by atomic mass is 10.2. The maximum atomic E-state index is 5.66. The molecule has 18 heavy (non-hydrogen) atoms. The molecule has 0 amide bonds. The number of rotatable bonds is 6. The number of aromatic amines is 1. The van der Waals surface area contributed by atoms with Gasteiger partial charge in [0.15, 0.2) is 0 Å². The minimum absolute atomic E-state index is 0.207. The third-order valence-corrected chi connectivity index (χ3v) is 2.47. The van der Waals surface area contributed by atoms with Crippen molar-refractivity contribution in [3.8, 4) is 5.75 Å². The SMILES string of the molecule is CC(C)Oc1cccc(CNCc2ccn[nH]2)c1. The quantitative estimate of drug-likeness (QED) is 0.822. The van der Waals surface area contributed by atoms with E-state index in [0.717, 1.165) is 24.5 Å². The molecule has 96 valence electrons. The number of nitrogens with zero attached hydrogens (tertiary/aromatic N) is 1. The molecule has 0 saturated heterocycles. The van der Waals surface area contributed by atoms with Crippen LogP contribution < -0.4 is 10.1 Å². The molecule has 1 aromatic carbocycles. The lowest BCUT2D eigenvalue weighted by molar-refractivity contribution is 0.242. The smallest absolute Gasteiger partial charge is 0.120 e. The molecule has 2 N–H and O–H groups in total. The van der Waals surface area contributed by atoms with Gasteiger partial charge in [0.05, 0.1) is 6.10 Å². The summed E-state index contributed by atoms with van der Waals surface area (Å²) in [5, 5.41) is 10.2. The lowest BCUT2D eigenvalue weighted by Crippen LogP contribution is -2.13. The second kappa shape index (κ2) is 6.21. The summed E-state index contributed by atoms with van der Waals surface area (Å²) in [5.74, 6) is 0.922. The van der Waals surface area contributed by atoms with Gasteiger partial charge in [0.1, 0.15) is 5.75 Å². The van der Waals surface area contributed by atoms with E-state index in [4.69, 9.17) is 4.74 Å². The van der Waals surface area contributed by atoms with Crippen LogP contribution in [0.25, 0.3) is 0 Å². The topological polar surface area (TPSA) is 49.9 Å². The average Bonchev–Trinajstić information content (AvgIpc) is 2.82. The van der Waals surface area contributed by atoms with Crippen molar-refractivity contribution in [2.24, 2.45) is 0 Å². The molecular weight excluding hydrogens is 226 g/mol. The molecule has 1 aromatic heterocycles. The molecule has 0 spiro atoms. The van der Waals surface area contributed by atoms with Crippen LogP contribution in [0.2, 0.25) is 0 Å². The summed E-state index contributed by atoms with van der Waals surface area (Å²) >= 11 is 0. The van der Waals surface area contributed by atoms with Crippen LogP contribution in [-0.2, 0) is 13.1 Å². The summed E-state index contributed by atoms with van der Waals surface area (Å²) in [5.41, 5.74) is 2.30. The highest BCUT2D eigenvalue weighted by Gasteiger charge is 2.00. The molecule has 0 unspecified atom stereocenters. The Morgan fingerprint density at radius 3 is 2.89 bits per heavy atom. The molecule has 0 saturated carbocycles. The van der Waals surface area contributed by atoms with E-state index in [-0.39, 0.29) is 6.10 Å². The zero-order valence-corrected chi connectivity index (χ0v) is 10.8. The van der Waals surface area contributed by atoms with Gasteiger partial charge in [-0.15, -0.1) is 0 Å². The van der Waals surface area contributed by atoms with Crippen LogP contribution in [0, 0.1) is 0 Å². The minimum atomic E-state index is 0.207. The molecule has 0 aliphatic carbocycles. The number of H-pyrrole nitrogens is 1. The van der Waals surface area contributed by atoms with Gasteiger partial charge in [0.25, 0.3) is 0 Å². The molecule has 0 fully saturated rings. The third kappa shape index (κ3) is 3.89. The molecule has 4 nitrogen and oxygen atoms in total. The number of ether oxygens (including phenoxy) is 1. The first-order valence-electron chi connectivity index (χ1n) is 6.18. The molecule has 0 aliphatic heterocycles. The van der Waals surface area contributed by atoms with E-state index in [9.17, 15) is 0 Å². The maximum Gasteiger partial charge on any atom is 0.120 e. The standard InChI is InChI=1S/C14H19N3O/c1-11(2)18-14-5-3-4-12(8-14)9-15-10-13-6-7-16-17-13/h3-8,11,15H,9-10H2,1-2H3,(H,16,17). The lowest BCUT2D eigenvalue weighted by Gasteiger charge is -2.11. The van der Waals surface area contributed by atoms with Crippen LogP contribution in [0.15, 0.2) is 36.5 Å². The molecular formula is C14H19N3O. The summed E-state index contributed by atoms with van der Waals surface area (Å²) < 4.78 is 5.66. The van der Waals surface area contributed by atoms with Crippen molar-refractivity contribution in [3.05, 3.63) is 47.8 Å². The minimum Gasteiger partial charge on any atom is -0.491 e. The van der Waals surface area contributed by atoms with E-state index >= 15 is 0 Å². The number of benzene rings is 1. The molecule has 4 heteroatoms. The van der Waals surface area contributed by atoms with Crippen LogP contribution >= 0.6 is 0 Å². The van der Waals surface area contributed by atoms with E-state index < -0.39 is 0 Å². The Morgan fingerprint density at radius 1 is 1.28 bits per heavy atom. The first kappa shape index (κ1) is 12.6. The fourth-order valence-corrected chi connectivity index (χ4v) is 1.73. The number of hydrogen-bond acceptors (Lipinski definition) is 3. The fourth-order valence-electron chi connectivity index (χ4n) is 1.73. The van der Waals surface area contributed by atoms with Gasteiger partial charge in [-0.05, 0) is 37.6 Å². The predicted octanol–water partition coefficient (Wildman–Crippen LogP) is 2.49. The molecule has 2 aromatic rings. The van der Waals surface area contributed by atoms with Gasteiger partial charge in [0, 0.05) is 25.0 Å². The number of nitrogens with one attached hydrogen (secondary N) is 2. The van der Waals surface area contributed by atoms with Crippen molar-refractivity contribution in [1.29, 1.82) is 0 Å². The molecule has 0 bridgehead atoms. The summed E-state index contributed by atoms with van der Waals surface area (Å²) in [4.78, 5) is 0. The summed E-state index contributed by atoms with van der Waals surface area (Å²) in [6.07, 6.45) is 1.96. The Balaban J connectivity index is 1.85. The average molecular weight is 245 g/mol. The van der Waals surface area contributed by atoms with Crippen molar-refractivity contribution < 1.29 is 4.74 Å².